The molecule has 2 atom stereocenters. The first kappa shape index (κ1) is 20.7. The summed E-state index contributed by atoms with van der Waals surface area (Å²) in [6.45, 7) is 2.98. The third-order valence-corrected chi connectivity index (χ3v) is 6.50. The van der Waals surface area contributed by atoms with Gasteiger partial charge in [-0.15, -0.1) is 0 Å². The largest absolute Gasteiger partial charge is 0.383 e. The minimum absolute atomic E-state index is 0.0333. The second-order valence-electron chi connectivity index (χ2n) is 8.23. The van der Waals surface area contributed by atoms with Crippen LogP contribution in [0.15, 0.2) is 54.7 Å². The Labute approximate surface area is 186 Å². The molecule has 2 aliphatic rings. The lowest BCUT2D eigenvalue weighted by molar-refractivity contribution is -0.138. The molecule has 2 aliphatic heterocycles. The minimum Gasteiger partial charge on any atom is -0.383 e. The molecule has 0 aliphatic carbocycles. The molecule has 1 saturated heterocycles. The fourth-order valence-electron chi connectivity index (χ4n) is 4.96. The van der Waals surface area contributed by atoms with Gasteiger partial charge in [0.05, 0.1) is 31.8 Å². The quantitative estimate of drug-likeness (QED) is 0.671. The number of amides is 2. The average molecular weight is 434 g/mol. The number of hydrogen-bond donors (Lipinski definition) is 1. The molecular weight excluding hydrogens is 406 g/mol. The zero-order chi connectivity index (χ0) is 22.1. The first-order chi connectivity index (χ1) is 15.7. The number of aromatic amines is 1. The van der Waals surface area contributed by atoms with Gasteiger partial charge in [0.1, 0.15) is 0 Å². The van der Waals surface area contributed by atoms with Gasteiger partial charge in [0, 0.05) is 55.0 Å². The van der Waals surface area contributed by atoms with E-state index in [4.69, 9.17) is 9.47 Å². The van der Waals surface area contributed by atoms with Crippen LogP contribution >= 0.6 is 0 Å². The summed E-state index contributed by atoms with van der Waals surface area (Å²) in [5, 5.41) is 1.02. The number of rotatable bonds is 5. The number of nitrogens with zero attached hydrogens (tertiary/aromatic N) is 2. The van der Waals surface area contributed by atoms with E-state index >= 15 is 0 Å². The van der Waals surface area contributed by atoms with Crippen LogP contribution in [-0.4, -0.2) is 73.2 Å². The first-order valence-corrected chi connectivity index (χ1v) is 11.0. The molecule has 1 fully saturated rings. The SMILES string of the molecule is COCCN1C(=O)c2ccccc2C(C(=O)N2CCOCC2)C1c1c[nH]c2ccccc12. The molecule has 0 bridgehead atoms. The number of carbonyl (C=O) groups excluding carboxylic acids is 2. The topological polar surface area (TPSA) is 74.9 Å². The van der Waals surface area contributed by atoms with E-state index in [1.807, 2.05) is 64.5 Å². The number of morpholine rings is 1. The number of ether oxygens (including phenoxy) is 2. The van der Waals surface area contributed by atoms with E-state index in [-0.39, 0.29) is 11.8 Å². The van der Waals surface area contributed by atoms with Crippen LogP contribution < -0.4 is 0 Å². The Bertz CT molecular complexity index is 1130. The van der Waals surface area contributed by atoms with Gasteiger partial charge in [-0.05, 0) is 17.7 Å². The molecule has 3 aromatic rings. The molecule has 166 valence electrons. The maximum atomic E-state index is 14.0. The maximum absolute atomic E-state index is 14.0. The second kappa shape index (κ2) is 8.76. The van der Waals surface area contributed by atoms with Crippen LogP contribution in [0.25, 0.3) is 10.9 Å². The molecule has 5 rings (SSSR count). The number of H-pyrrole nitrogens is 1. The molecule has 7 heteroatoms. The van der Waals surface area contributed by atoms with E-state index in [2.05, 4.69) is 4.98 Å². The van der Waals surface area contributed by atoms with Crippen molar-refractivity contribution in [3.63, 3.8) is 0 Å². The van der Waals surface area contributed by atoms with Gasteiger partial charge >= 0.3 is 0 Å². The molecular formula is C25H27N3O4. The highest BCUT2D eigenvalue weighted by Gasteiger charge is 2.46. The van der Waals surface area contributed by atoms with Crippen molar-refractivity contribution in [1.82, 2.24) is 14.8 Å². The molecule has 2 aromatic carbocycles. The Morgan fingerprint density at radius 2 is 1.84 bits per heavy atom. The summed E-state index contributed by atoms with van der Waals surface area (Å²) in [7, 11) is 1.62. The number of benzene rings is 2. The smallest absolute Gasteiger partial charge is 0.254 e. The molecule has 0 saturated carbocycles. The number of fused-ring (bicyclic) bond motifs is 2. The van der Waals surface area contributed by atoms with Crippen LogP contribution in [0.4, 0.5) is 0 Å². The Balaban J connectivity index is 1.69. The number of para-hydroxylation sites is 1. The lowest BCUT2D eigenvalue weighted by Crippen LogP contribution is -2.51. The van der Waals surface area contributed by atoms with Crippen molar-refractivity contribution in [2.45, 2.75) is 12.0 Å². The molecule has 0 spiro atoms. The molecule has 1 aromatic heterocycles. The highest BCUT2D eigenvalue weighted by molar-refractivity contribution is 6.02. The first-order valence-electron chi connectivity index (χ1n) is 11.0. The average Bonchev–Trinajstić information content (AvgIpc) is 3.27. The lowest BCUT2D eigenvalue weighted by Gasteiger charge is -2.43. The number of nitrogens with one attached hydrogen (secondary N) is 1. The molecule has 0 radical (unpaired) electrons. The fourth-order valence-corrected chi connectivity index (χ4v) is 4.96. The number of aromatic nitrogens is 1. The van der Waals surface area contributed by atoms with Crippen LogP contribution in [0.1, 0.15) is 33.4 Å². The van der Waals surface area contributed by atoms with Crippen LogP contribution in [0.3, 0.4) is 0 Å². The van der Waals surface area contributed by atoms with Crippen molar-refractivity contribution in [3.05, 3.63) is 71.4 Å². The summed E-state index contributed by atoms with van der Waals surface area (Å²) in [5.74, 6) is -0.539. The molecule has 7 nitrogen and oxygen atoms in total. The summed E-state index contributed by atoms with van der Waals surface area (Å²) in [6.07, 6.45) is 1.94. The number of methoxy groups -OCH3 is 1. The van der Waals surface area contributed by atoms with Crippen molar-refractivity contribution in [1.29, 1.82) is 0 Å². The molecule has 2 amide bonds. The standard InChI is InChI=1S/C25H27N3O4/c1-31-13-12-28-23(20-16-26-21-9-5-4-6-17(20)21)22(25(30)27-10-14-32-15-11-27)18-7-2-3-8-19(18)24(28)29/h2-9,16,22-23,26H,10-15H2,1H3. The molecule has 1 N–H and O–H groups in total. The van der Waals surface area contributed by atoms with Crippen molar-refractivity contribution in [3.8, 4) is 0 Å². The Morgan fingerprint density at radius 3 is 2.66 bits per heavy atom. The second-order valence-corrected chi connectivity index (χ2v) is 8.23. The van der Waals surface area contributed by atoms with Gasteiger partial charge in [0.2, 0.25) is 5.91 Å². The number of hydrogen-bond acceptors (Lipinski definition) is 4. The predicted molar refractivity (Wildman–Crippen MR) is 121 cm³/mol. The molecule has 32 heavy (non-hydrogen) atoms. The van der Waals surface area contributed by atoms with E-state index in [1.54, 1.807) is 7.11 Å². The van der Waals surface area contributed by atoms with Crippen LogP contribution in [0, 0.1) is 0 Å². The van der Waals surface area contributed by atoms with Crippen molar-refractivity contribution in [2.75, 3.05) is 46.6 Å². The van der Waals surface area contributed by atoms with Gasteiger partial charge in [-0.1, -0.05) is 36.4 Å². The van der Waals surface area contributed by atoms with Gasteiger partial charge in [0.25, 0.3) is 5.91 Å². The maximum Gasteiger partial charge on any atom is 0.254 e. The predicted octanol–water partition coefficient (Wildman–Crippen LogP) is 2.95. The highest BCUT2D eigenvalue weighted by atomic mass is 16.5. The van der Waals surface area contributed by atoms with Gasteiger partial charge < -0.3 is 24.3 Å². The van der Waals surface area contributed by atoms with Gasteiger partial charge in [-0.2, -0.15) is 0 Å². The summed E-state index contributed by atoms with van der Waals surface area (Å²) < 4.78 is 10.8. The third kappa shape index (κ3) is 3.47. The van der Waals surface area contributed by atoms with Crippen LogP contribution in [-0.2, 0) is 14.3 Å². The van der Waals surface area contributed by atoms with Gasteiger partial charge in [-0.25, -0.2) is 0 Å². The van der Waals surface area contributed by atoms with Crippen LogP contribution in [0.2, 0.25) is 0 Å². The van der Waals surface area contributed by atoms with Gasteiger partial charge in [-0.3, -0.25) is 9.59 Å². The zero-order valence-corrected chi connectivity index (χ0v) is 18.1. The lowest BCUT2D eigenvalue weighted by atomic mass is 9.78. The van der Waals surface area contributed by atoms with Gasteiger partial charge in [0.15, 0.2) is 0 Å². The normalized spacial score (nSPS) is 21.1. The monoisotopic (exact) mass is 433 g/mol. The summed E-state index contributed by atoms with van der Waals surface area (Å²) in [4.78, 5) is 34.6. The van der Waals surface area contributed by atoms with Crippen molar-refractivity contribution < 1.29 is 19.1 Å². The summed E-state index contributed by atoms with van der Waals surface area (Å²) in [6, 6.07) is 15.1. The fraction of sp³-hybridized carbons (Fsp3) is 0.360. The van der Waals surface area contributed by atoms with E-state index in [0.717, 1.165) is 22.0 Å². The van der Waals surface area contributed by atoms with E-state index in [0.29, 0.717) is 45.0 Å². The molecule has 2 unspecified atom stereocenters. The summed E-state index contributed by atoms with van der Waals surface area (Å²) >= 11 is 0. The summed E-state index contributed by atoms with van der Waals surface area (Å²) in [5.41, 5.74) is 3.31. The van der Waals surface area contributed by atoms with E-state index in [9.17, 15) is 9.59 Å². The minimum atomic E-state index is -0.502. The van der Waals surface area contributed by atoms with E-state index in [1.165, 1.54) is 0 Å². The van der Waals surface area contributed by atoms with Crippen LogP contribution in [0.5, 0.6) is 0 Å². The number of carbonyl (C=O) groups is 2. The highest BCUT2D eigenvalue weighted by Crippen LogP contribution is 2.45. The Hall–Kier alpha value is -3.16. The zero-order valence-electron chi connectivity index (χ0n) is 18.1. The Kier molecular flexibility index (Phi) is 5.68. The molecule has 3 heterocycles. The van der Waals surface area contributed by atoms with Crippen molar-refractivity contribution >= 4 is 22.7 Å². The third-order valence-electron chi connectivity index (χ3n) is 6.50. The van der Waals surface area contributed by atoms with Crippen molar-refractivity contribution in [2.24, 2.45) is 0 Å². The Morgan fingerprint density at radius 1 is 1.09 bits per heavy atom. The van der Waals surface area contributed by atoms with E-state index < -0.39 is 12.0 Å².